The Hall–Kier alpha value is -1.06. The monoisotopic (exact) mass is 199 g/mol. The highest BCUT2D eigenvalue weighted by atomic mass is 16.5. The normalized spacial score (nSPS) is 21.0. The van der Waals surface area contributed by atoms with Crippen molar-refractivity contribution in [1.82, 2.24) is 4.90 Å². The van der Waals surface area contributed by atoms with Gasteiger partial charge in [-0.3, -0.25) is 4.79 Å². The summed E-state index contributed by atoms with van der Waals surface area (Å²) in [6.07, 6.45) is 2.45. The summed E-state index contributed by atoms with van der Waals surface area (Å²) in [6.45, 7) is 4.57. The number of hydrogen-bond acceptors (Lipinski definition) is 3. The topological polar surface area (TPSA) is 46.6 Å². The minimum Gasteiger partial charge on any atom is -0.464 e. The summed E-state index contributed by atoms with van der Waals surface area (Å²) in [5.74, 6) is -0.291. The fourth-order valence-electron chi connectivity index (χ4n) is 1.69. The molecule has 1 heterocycles. The van der Waals surface area contributed by atoms with Gasteiger partial charge in [0.25, 0.3) is 0 Å². The Morgan fingerprint density at radius 1 is 1.50 bits per heavy atom. The van der Waals surface area contributed by atoms with E-state index in [0.29, 0.717) is 13.2 Å². The van der Waals surface area contributed by atoms with Gasteiger partial charge < -0.3 is 9.64 Å². The largest absolute Gasteiger partial charge is 0.464 e. The molecule has 1 atom stereocenters. The first kappa shape index (κ1) is 11.0. The fraction of sp³-hybridized carbons (Fsp3) is 0.800. The summed E-state index contributed by atoms with van der Waals surface area (Å²) in [6, 6.07) is -0.334. The predicted octanol–water partition coefficient (Wildman–Crippen LogP) is 0.951. The summed E-state index contributed by atoms with van der Waals surface area (Å²) < 4.78 is 5.02. The second-order valence-electron chi connectivity index (χ2n) is 3.54. The molecule has 1 saturated heterocycles. The number of carbonyl (C=O) groups excluding carboxylic acids is 2. The Bertz CT molecular complexity index is 227. The highest BCUT2D eigenvalue weighted by molar-refractivity contribution is 5.83. The Balaban J connectivity index is 2.49. The van der Waals surface area contributed by atoms with Gasteiger partial charge in [-0.2, -0.15) is 0 Å². The third kappa shape index (κ3) is 2.47. The number of ether oxygens (including phenoxy) is 1. The van der Waals surface area contributed by atoms with Gasteiger partial charge in [-0.05, 0) is 19.3 Å². The number of amides is 1. The van der Waals surface area contributed by atoms with Gasteiger partial charge in [0.15, 0.2) is 0 Å². The molecule has 1 aliphatic rings. The number of rotatable bonds is 3. The summed E-state index contributed by atoms with van der Waals surface area (Å²) >= 11 is 0. The second kappa shape index (κ2) is 4.98. The zero-order valence-electron chi connectivity index (χ0n) is 8.78. The summed E-state index contributed by atoms with van der Waals surface area (Å²) in [7, 11) is 0. The Morgan fingerprint density at radius 3 is 2.79 bits per heavy atom. The summed E-state index contributed by atoms with van der Waals surface area (Å²) in [4.78, 5) is 24.3. The molecule has 1 amide bonds. The first-order chi connectivity index (χ1) is 6.66. The number of esters is 1. The van der Waals surface area contributed by atoms with E-state index in [1.54, 1.807) is 4.90 Å². The molecule has 0 spiro atoms. The number of carbonyl (C=O) groups is 2. The molecule has 1 aliphatic heterocycles. The summed E-state index contributed by atoms with van der Waals surface area (Å²) in [5, 5.41) is 0. The van der Waals surface area contributed by atoms with Gasteiger partial charge in [-0.15, -0.1) is 0 Å². The summed E-state index contributed by atoms with van der Waals surface area (Å²) in [5.41, 5.74) is 0. The highest BCUT2D eigenvalue weighted by Gasteiger charge is 2.33. The van der Waals surface area contributed by atoms with Crippen molar-refractivity contribution in [2.24, 2.45) is 0 Å². The maximum atomic E-state index is 11.5. The minimum atomic E-state index is -0.334. The number of nitrogens with zero attached hydrogens (tertiary/aromatic N) is 1. The molecule has 1 unspecified atom stereocenters. The van der Waals surface area contributed by atoms with Crippen LogP contribution in [0.5, 0.6) is 0 Å². The molecule has 0 radical (unpaired) electrons. The zero-order chi connectivity index (χ0) is 10.6. The Morgan fingerprint density at radius 2 is 2.21 bits per heavy atom. The average Bonchev–Trinajstić information content (AvgIpc) is 2.62. The molecule has 0 aromatic carbocycles. The van der Waals surface area contributed by atoms with Gasteiger partial charge in [0.1, 0.15) is 6.04 Å². The molecule has 4 nitrogen and oxygen atoms in total. The molecule has 4 heteroatoms. The molecule has 0 N–H and O–H groups in total. The van der Waals surface area contributed by atoms with E-state index < -0.39 is 0 Å². The lowest BCUT2D eigenvalue weighted by atomic mass is 10.2. The lowest BCUT2D eigenvalue weighted by Gasteiger charge is -2.21. The van der Waals surface area contributed by atoms with Crippen LogP contribution in [0.4, 0.5) is 0 Å². The van der Waals surface area contributed by atoms with Crippen molar-refractivity contribution >= 4 is 11.9 Å². The first-order valence-electron chi connectivity index (χ1n) is 5.10. The number of likely N-dealkylation sites (tertiary alicyclic amines) is 1. The average molecular weight is 199 g/mol. The van der Waals surface area contributed by atoms with Crippen molar-refractivity contribution < 1.29 is 14.3 Å². The van der Waals surface area contributed by atoms with Crippen LogP contribution in [0.15, 0.2) is 0 Å². The third-order valence-electron chi connectivity index (χ3n) is 2.38. The zero-order valence-corrected chi connectivity index (χ0v) is 8.78. The van der Waals surface area contributed by atoms with E-state index >= 15 is 0 Å². The van der Waals surface area contributed by atoms with Gasteiger partial charge in [-0.25, -0.2) is 4.79 Å². The van der Waals surface area contributed by atoms with Crippen LogP contribution in [0.25, 0.3) is 0 Å². The predicted molar refractivity (Wildman–Crippen MR) is 51.7 cm³/mol. The smallest absolute Gasteiger partial charge is 0.328 e. The van der Waals surface area contributed by atoms with Crippen molar-refractivity contribution in [3.8, 4) is 0 Å². The van der Waals surface area contributed by atoms with Crippen LogP contribution in [0.1, 0.15) is 33.1 Å². The van der Waals surface area contributed by atoms with Gasteiger partial charge in [-0.1, -0.05) is 6.92 Å². The second-order valence-corrected chi connectivity index (χ2v) is 3.54. The Kier molecular flexibility index (Phi) is 3.92. The molecule has 80 valence electrons. The van der Waals surface area contributed by atoms with Gasteiger partial charge >= 0.3 is 5.97 Å². The van der Waals surface area contributed by atoms with Crippen LogP contribution in [-0.4, -0.2) is 36.0 Å². The molecular weight excluding hydrogens is 182 g/mol. The van der Waals surface area contributed by atoms with Crippen LogP contribution >= 0.6 is 0 Å². The quantitative estimate of drug-likeness (QED) is 0.636. The van der Waals surface area contributed by atoms with Crippen molar-refractivity contribution in [3.05, 3.63) is 0 Å². The highest BCUT2D eigenvalue weighted by Crippen LogP contribution is 2.18. The van der Waals surface area contributed by atoms with Crippen LogP contribution in [0, 0.1) is 0 Å². The molecule has 1 fully saturated rings. The van der Waals surface area contributed by atoms with E-state index in [2.05, 4.69) is 0 Å². The molecule has 14 heavy (non-hydrogen) atoms. The van der Waals surface area contributed by atoms with Crippen molar-refractivity contribution in [1.29, 1.82) is 0 Å². The van der Waals surface area contributed by atoms with Crippen LogP contribution < -0.4 is 0 Å². The van der Waals surface area contributed by atoms with E-state index in [-0.39, 0.29) is 17.9 Å². The van der Waals surface area contributed by atoms with Crippen molar-refractivity contribution in [3.63, 3.8) is 0 Å². The SMILES string of the molecule is CCCOC(=O)C1CCCN1C(C)=O. The van der Waals surface area contributed by atoms with E-state index in [1.165, 1.54) is 6.92 Å². The van der Waals surface area contributed by atoms with E-state index in [1.807, 2.05) is 6.92 Å². The molecular formula is C10H17NO3. The van der Waals surface area contributed by atoms with Crippen LogP contribution in [0.2, 0.25) is 0 Å². The van der Waals surface area contributed by atoms with E-state index in [4.69, 9.17) is 4.74 Å². The standard InChI is InChI=1S/C10H17NO3/c1-3-7-14-10(13)9-5-4-6-11(9)8(2)12/h9H,3-7H2,1-2H3. The molecule has 0 aliphatic carbocycles. The lowest BCUT2D eigenvalue weighted by Crippen LogP contribution is -2.40. The van der Waals surface area contributed by atoms with Gasteiger partial charge in [0, 0.05) is 13.5 Å². The van der Waals surface area contributed by atoms with Crippen molar-refractivity contribution in [2.75, 3.05) is 13.2 Å². The van der Waals surface area contributed by atoms with Crippen LogP contribution in [0.3, 0.4) is 0 Å². The Labute approximate surface area is 84.2 Å². The molecule has 0 saturated carbocycles. The van der Waals surface area contributed by atoms with Crippen molar-refractivity contribution in [2.45, 2.75) is 39.2 Å². The third-order valence-corrected chi connectivity index (χ3v) is 2.38. The number of hydrogen-bond donors (Lipinski definition) is 0. The molecule has 1 rings (SSSR count). The maximum absolute atomic E-state index is 11.5. The maximum Gasteiger partial charge on any atom is 0.328 e. The van der Waals surface area contributed by atoms with Gasteiger partial charge in [0.2, 0.25) is 5.91 Å². The molecule has 0 aromatic heterocycles. The minimum absolute atomic E-state index is 0.0408. The molecule has 0 aromatic rings. The van der Waals surface area contributed by atoms with Crippen LogP contribution in [-0.2, 0) is 14.3 Å². The molecule has 0 bridgehead atoms. The first-order valence-corrected chi connectivity index (χ1v) is 5.10. The lowest BCUT2D eigenvalue weighted by molar-refractivity contribution is -0.152. The van der Waals surface area contributed by atoms with Gasteiger partial charge in [0.05, 0.1) is 6.61 Å². The fourth-order valence-corrected chi connectivity index (χ4v) is 1.69. The van der Waals surface area contributed by atoms with E-state index in [0.717, 1.165) is 19.3 Å². The van der Waals surface area contributed by atoms with E-state index in [9.17, 15) is 9.59 Å².